The van der Waals surface area contributed by atoms with E-state index in [4.69, 9.17) is 5.11 Å². The highest BCUT2D eigenvalue weighted by molar-refractivity contribution is 5.36. The molecule has 0 aliphatic heterocycles. The molecule has 0 fully saturated rings. The lowest BCUT2D eigenvalue weighted by atomic mass is 10.1. The summed E-state index contributed by atoms with van der Waals surface area (Å²) in [5, 5.41) is 8.83. The van der Waals surface area contributed by atoms with Crippen molar-refractivity contribution in [2.45, 2.75) is 12.1 Å². The topological polar surface area (TPSA) is 20.2 Å². The Bertz CT molecular complexity index is 331. The minimum Gasteiger partial charge on any atom is -0.507 e. The summed E-state index contributed by atoms with van der Waals surface area (Å²) < 4.78 is 60.8. The van der Waals surface area contributed by atoms with Crippen molar-refractivity contribution in [3.8, 4) is 5.75 Å². The van der Waals surface area contributed by atoms with Gasteiger partial charge in [0.05, 0.1) is 5.56 Å². The predicted molar refractivity (Wildman–Crippen MR) is 38.1 cm³/mol. The van der Waals surface area contributed by atoms with Crippen LogP contribution in [-0.2, 0) is 5.92 Å². The maximum Gasteiger partial charge on any atom is 0.458 e. The maximum absolute atomic E-state index is 12.6. The lowest BCUT2D eigenvalue weighted by Crippen LogP contribution is -2.33. The molecule has 1 aromatic carbocycles. The summed E-state index contributed by atoms with van der Waals surface area (Å²) in [5.74, 6) is -6.10. The molecule has 14 heavy (non-hydrogen) atoms. The lowest BCUT2D eigenvalue weighted by molar-refractivity contribution is -0.289. The van der Waals surface area contributed by atoms with Crippen LogP contribution in [0.3, 0.4) is 0 Å². The van der Waals surface area contributed by atoms with Crippen LogP contribution in [0.15, 0.2) is 24.3 Å². The van der Waals surface area contributed by atoms with Gasteiger partial charge in [-0.05, 0) is 12.1 Å². The molecule has 6 heteroatoms. The Hall–Kier alpha value is -1.33. The highest BCUT2D eigenvalue weighted by atomic mass is 19.4. The monoisotopic (exact) mass is 212 g/mol. The number of hydrogen-bond acceptors (Lipinski definition) is 1. The molecule has 0 unspecified atom stereocenters. The second-order valence-electron chi connectivity index (χ2n) is 2.59. The summed E-state index contributed by atoms with van der Waals surface area (Å²) in [4.78, 5) is 0. The summed E-state index contributed by atoms with van der Waals surface area (Å²) >= 11 is 0. The average Bonchev–Trinajstić information content (AvgIpc) is 2.02. The van der Waals surface area contributed by atoms with Crippen LogP contribution in [0.1, 0.15) is 5.56 Å². The van der Waals surface area contributed by atoms with Gasteiger partial charge in [-0.15, -0.1) is 0 Å². The number of phenolic OH excluding ortho intramolecular Hbond substituents is 1. The molecule has 0 saturated carbocycles. The van der Waals surface area contributed by atoms with E-state index in [9.17, 15) is 22.0 Å². The van der Waals surface area contributed by atoms with Gasteiger partial charge in [0.2, 0.25) is 0 Å². The van der Waals surface area contributed by atoms with Gasteiger partial charge in [0.15, 0.2) is 0 Å². The van der Waals surface area contributed by atoms with Crippen LogP contribution in [0.2, 0.25) is 0 Å². The van der Waals surface area contributed by atoms with Gasteiger partial charge in [-0.2, -0.15) is 22.0 Å². The molecule has 1 nitrogen and oxygen atoms in total. The van der Waals surface area contributed by atoms with Gasteiger partial charge >= 0.3 is 12.1 Å². The molecule has 0 radical (unpaired) electrons. The van der Waals surface area contributed by atoms with Crippen molar-refractivity contribution in [3.63, 3.8) is 0 Å². The fourth-order valence-electron chi connectivity index (χ4n) is 0.892. The van der Waals surface area contributed by atoms with Crippen LogP contribution >= 0.6 is 0 Å². The average molecular weight is 212 g/mol. The fourth-order valence-corrected chi connectivity index (χ4v) is 0.892. The second kappa shape index (κ2) is 3.11. The standard InChI is InChI=1S/C8H5F5O/c9-7(10,8(11,12)13)5-3-1-2-4-6(5)14/h1-4,14H. The van der Waals surface area contributed by atoms with E-state index in [-0.39, 0.29) is 0 Å². The number of alkyl halides is 5. The molecule has 0 aliphatic carbocycles. The molecule has 0 aliphatic rings. The Balaban J connectivity index is 3.23. The third-order valence-electron chi connectivity index (χ3n) is 1.60. The molecule has 0 heterocycles. The smallest absolute Gasteiger partial charge is 0.458 e. The summed E-state index contributed by atoms with van der Waals surface area (Å²) in [5.41, 5.74) is -1.44. The molecule has 1 aromatic rings. The lowest BCUT2D eigenvalue weighted by Gasteiger charge is -2.20. The highest BCUT2D eigenvalue weighted by Crippen LogP contribution is 2.46. The van der Waals surface area contributed by atoms with Crippen LogP contribution < -0.4 is 0 Å². The number of para-hydroxylation sites is 1. The van der Waals surface area contributed by atoms with E-state index in [1.54, 1.807) is 0 Å². The van der Waals surface area contributed by atoms with Gasteiger partial charge in [0.25, 0.3) is 0 Å². The summed E-state index contributed by atoms with van der Waals surface area (Å²) in [7, 11) is 0. The first kappa shape index (κ1) is 10.7. The second-order valence-corrected chi connectivity index (χ2v) is 2.59. The zero-order valence-corrected chi connectivity index (χ0v) is 6.65. The highest BCUT2D eigenvalue weighted by Gasteiger charge is 2.59. The van der Waals surface area contributed by atoms with Crippen LogP contribution in [0, 0.1) is 0 Å². The van der Waals surface area contributed by atoms with Crippen molar-refractivity contribution in [2.24, 2.45) is 0 Å². The van der Waals surface area contributed by atoms with Gasteiger partial charge in [-0.3, -0.25) is 0 Å². The van der Waals surface area contributed by atoms with Gasteiger partial charge in [0, 0.05) is 0 Å². The van der Waals surface area contributed by atoms with Crippen molar-refractivity contribution in [1.82, 2.24) is 0 Å². The Labute approximate surface area is 75.8 Å². The van der Waals surface area contributed by atoms with E-state index < -0.39 is 23.4 Å². The summed E-state index contributed by atoms with van der Waals surface area (Å²) in [6, 6.07) is 3.46. The molecule has 1 rings (SSSR count). The van der Waals surface area contributed by atoms with E-state index in [0.29, 0.717) is 6.07 Å². The predicted octanol–water partition coefficient (Wildman–Crippen LogP) is 3.05. The molecule has 1 N–H and O–H groups in total. The van der Waals surface area contributed by atoms with Gasteiger partial charge < -0.3 is 5.11 Å². The van der Waals surface area contributed by atoms with Crippen molar-refractivity contribution in [1.29, 1.82) is 0 Å². The van der Waals surface area contributed by atoms with Crippen LogP contribution in [0.25, 0.3) is 0 Å². The zero-order valence-electron chi connectivity index (χ0n) is 6.65. The van der Waals surface area contributed by atoms with E-state index in [0.717, 1.165) is 18.2 Å². The number of benzene rings is 1. The third kappa shape index (κ3) is 1.64. The molecule has 0 bridgehead atoms. The largest absolute Gasteiger partial charge is 0.507 e. The number of halogens is 5. The quantitative estimate of drug-likeness (QED) is 0.709. The Kier molecular flexibility index (Phi) is 2.39. The molecule has 0 saturated heterocycles. The first-order valence-electron chi connectivity index (χ1n) is 3.50. The molecule has 0 spiro atoms. The minimum absolute atomic E-state index is 0.531. The summed E-state index contributed by atoms with van der Waals surface area (Å²) in [6.45, 7) is 0. The van der Waals surface area contributed by atoms with E-state index in [1.807, 2.05) is 0 Å². The van der Waals surface area contributed by atoms with Crippen molar-refractivity contribution in [3.05, 3.63) is 29.8 Å². The van der Waals surface area contributed by atoms with E-state index >= 15 is 0 Å². The zero-order chi connectivity index (χ0) is 11.0. The first-order chi connectivity index (χ1) is 6.27. The Morgan fingerprint density at radius 2 is 1.43 bits per heavy atom. The maximum atomic E-state index is 12.6. The third-order valence-corrected chi connectivity index (χ3v) is 1.60. The Morgan fingerprint density at radius 3 is 1.86 bits per heavy atom. The van der Waals surface area contributed by atoms with Crippen molar-refractivity contribution in [2.75, 3.05) is 0 Å². The number of aromatic hydroxyl groups is 1. The number of rotatable bonds is 1. The SMILES string of the molecule is Oc1ccccc1C(F)(F)C(F)(F)F. The molecule has 78 valence electrons. The minimum atomic E-state index is -5.70. The van der Waals surface area contributed by atoms with Gasteiger partial charge in [0.1, 0.15) is 5.75 Å². The van der Waals surface area contributed by atoms with Crippen LogP contribution in [0.4, 0.5) is 22.0 Å². The van der Waals surface area contributed by atoms with Crippen molar-refractivity contribution >= 4 is 0 Å². The fraction of sp³-hybridized carbons (Fsp3) is 0.250. The molecule has 0 amide bonds. The van der Waals surface area contributed by atoms with E-state index in [2.05, 4.69) is 0 Å². The first-order valence-corrected chi connectivity index (χ1v) is 3.50. The van der Waals surface area contributed by atoms with E-state index in [1.165, 1.54) is 0 Å². The van der Waals surface area contributed by atoms with Crippen LogP contribution in [0.5, 0.6) is 5.75 Å². The van der Waals surface area contributed by atoms with Crippen molar-refractivity contribution < 1.29 is 27.1 Å². The molecular formula is C8H5F5O. The molecule has 0 aromatic heterocycles. The van der Waals surface area contributed by atoms with Crippen LogP contribution in [-0.4, -0.2) is 11.3 Å². The van der Waals surface area contributed by atoms with Gasteiger partial charge in [-0.25, -0.2) is 0 Å². The van der Waals surface area contributed by atoms with Gasteiger partial charge in [-0.1, -0.05) is 12.1 Å². The normalized spacial score (nSPS) is 12.9. The summed E-state index contributed by atoms with van der Waals surface area (Å²) in [6.07, 6.45) is -5.70. The number of phenols is 1. The number of hydrogen-bond donors (Lipinski definition) is 1. The molecule has 0 atom stereocenters. The Morgan fingerprint density at radius 1 is 0.929 bits per heavy atom. The molecular weight excluding hydrogens is 207 g/mol.